The molecular weight excluding hydrogens is 598 g/mol. The second kappa shape index (κ2) is 12.6. The number of carbonyl (C=O) groups is 1. The van der Waals surface area contributed by atoms with Gasteiger partial charge in [0.1, 0.15) is 23.0 Å². The van der Waals surface area contributed by atoms with Crippen molar-refractivity contribution in [2.45, 2.75) is 6.92 Å². The van der Waals surface area contributed by atoms with E-state index in [1.54, 1.807) is 35.4 Å². The van der Waals surface area contributed by atoms with Crippen LogP contribution in [0.3, 0.4) is 0 Å². The zero-order valence-electron chi connectivity index (χ0n) is 27.5. The first-order valence-corrected chi connectivity index (χ1v) is 15.7. The second-order valence-electron chi connectivity index (χ2n) is 11.5. The van der Waals surface area contributed by atoms with Crippen LogP contribution < -0.4 is 18.9 Å². The summed E-state index contributed by atoms with van der Waals surface area (Å²) in [6, 6.07) is 40.6. The van der Waals surface area contributed by atoms with Crippen molar-refractivity contribution in [1.82, 2.24) is 4.40 Å². The SMILES string of the molecule is COc1ccc(-c2c(-c3ccc(OC)cc3)c(-c3ccc(OC)cc3)n3c(c2-c2ccc(OC)cc2)c(C(C)=O)c2ccccc23)cc1. The van der Waals surface area contributed by atoms with Gasteiger partial charge in [-0.05, 0) is 95.9 Å². The van der Waals surface area contributed by atoms with Crippen LogP contribution in [0.15, 0.2) is 121 Å². The molecule has 0 atom stereocenters. The zero-order chi connectivity index (χ0) is 33.4. The maximum Gasteiger partial charge on any atom is 0.162 e. The number of pyridine rings is 1. The molecule has 0 radical (unpaired) electrons. The van der Waals surface area contributed by atoms with Crippen LogP contribution in [0.1, 0.15) is 17.3 Å². The Labute approximate surface area is 279 Å². The van der Waals surface area contributed by atoms with Crippen molar-refractivity contribution in [2.75, 3.05) is 28.4 Å². The van der Waals surface area contributed by atoms with Gasteiger partial charge in [-0.15, -0.1) is 0 Å². The minimum Gasteiger partial charge on any atom is -0.497 e. The number of Topliss-reactive ketones (excluding diaryl/α,β-unsaturated/α-hetero) is 1. The molecule has 2 aromatic heterocycles. The first-order valence-electron chi connectivity index (χ1n) is 15.7. The average Bonchev–Trinajstić information content (AvgIpc) is 3.49. The van der Waals surface area contributed by atoms with E-state index in [1.807, 2.05) is 66.7 Å². The van der Waals surface area contributed by atoms with E-state index in [0.29, 0.717) is 5.56 Å². The standard InChI is InChI=1S/C42H35NO5/c1-26(44)37-35-8-6-7-9-36(35)43-41(30-16-24-34(48-5)25-17-30)39(28-12-20-32(46-3)21-13-28)38(27-10-18-31(45-2)19-11-27)40(42(37)43)29-14-22-33(47-4)23-15-29/h6-25H,1-5H3. The first-order chi connectivity index (χ1) is 23.5. The number of fused-ring (bicyclic) bond motifs is 3. The number of ether oxygens (including phenoxy) is 4. The molecule has 0 fully saturated rings. The van der Waals surface area contributed by atoms with Gasteiger partial charge in [-0.2, -0.15) is 0 Å². The molecule has 6 heteroatoms. The Morgan fingerprint density at radius 1 is 0.479 bits per heavy atom. The van der Waals surface area contributed by atoms with E-state index in [4.69, 9.17) is 18.9 Å². The van der Waals surface area contributed by atoms with Crippen LogP contribution in [0.2, 0.25) is 0 Å². The molecule has 0 amide bonds. The number of para-hydroxylation sites is 1. The molecule has 0 aliphatic carbocycles. The van der Waals surface area contributed by atoms with Crippen molar-refractivity contribution in [3.05, 3.63) is 127 Å². The van der Waals surface area contributed by atoms with E-state index in [9.17, 15) is 4.79 Å². The number of benzene rings is 5. The minimum absolute atomic E-state index is 0.0120. The highest BCUT2D eigenvalue weighted by molar-refractivity contribution is 6.20. The number of ketones is 1. The Morgan fingerprint density at radius 2 is 0.875 bits per heavy atom. The summed E-state index contributed by atoms with van der Waals surface area (Å²) in [4.78, 5) is 13.8. The predicted molar refractivity (Wildman–Crippen MR) is 193 cm³/mol. The predicted octanol–water partition coefficient (Wildman–Crippen LogP) is 10.00. The Morgan fingerprint density at radius 3 is 1.31 bits per heavy atom. The largest absolute Gasteiger partial charge is 0.497 e. The van der Waals surface area contributed by atoms with Crippen molar-refractivity contribution < 1.29 is 23.7 Å². The van der Waals surface area contributed by atoms with Gasteiger partial charge in [0.25, 0.3) is 0 Å². The lowest BCUT2D eigenvalue weighted by molar-refractivity contribution is 0.102. The molecule has 2 heterocycles. The highest BCUT2D eigenvalue weighted by atomic mass is 16.5. The molecule has 0 saturated heterocycles. The lowest BCUT2D eigenvalue weighted by Crippen LogP contribution is -2.04. The Balaban J connectivity index is 1.79. The number of methoxy groups -OCH3 is 4. The van der Waals surface area contributed by atoms with Gasteiger partial charge in [0.2, 0.25) is 0 Å². The summed E-state index contributed by atoms with van der Waals surface area (Å²) in [7, 11) is 6.67. The van der Waals surface area contributed by atoms with Crippen molar-refractivity contribution in [2.24, 2.45) is 0 Å². The van der Waals surface area contributed by atoms with Gasteiger partial charge in [0, 0.05) is 22.1 Å². The fraction of sp³-hybridized carbons (Fsp3) is 0.119. The van der Waals surface area contributed by atoms with Crippen LogP contribution >= 0.6 is 0 Å². The van der Waals surface area contributed by atoms with E-state index in [2.05, 4.69) is 59.0 Å². The van der Waals surface area contributed by atoms with Gasteiger partial charge in [0.15, 0.2) is 5.78 Å². The van der Waals surface area contributed by atoms with E-state index in [0.717, 1.165) is 84.1 Å². The third-order valence-electron chi connectivity index (χ3n) is 8.92. The summed E-state index contributed by atoms with van der Waals surface area (Å²) >= 11 is 0. The maximum absolute atomic E-state index is 13.8. The topological polar surface area (TPSA) is 58.4 Å². The third-order valence-corrected chi connectivity index (χ3v) is 8.92. The molecule has 48 heavy (non-hydrogen) atoms. The van der Waals surface area contributed by atoms with Crippen molar-refractivity contribution in [3.8, 4) is 67.6 Å². The van der Waals surface area contributed by atoms with Crippen molar-refractivity contribution in [3.63, 3.8) is 0 Å². The van der Waals surface area contributed by atoms with E-state index >= 15 is 0 Å². The molecule has 0 aliphatic heterocycles. The van der Waals surface area contributed by atoms with Gasteiger partial charge in [-0.25, -0.2) is 0 Å². The van der Waals surface area contributed by atoms with Crippen LogP contribution in [0, 0.1) is 0 Å². The number of hydrogen-bond acceptors (Lipinski definition) is 5. The van der Waals surface area contributed by atoms with E-state index in [-0.39, 0.29) is 5.78 Å². The van der Waals surface area contributed by atoms with E-state index < -0.39 is 0 Å². The normalized spacial score (nSPS) is 11.1. The fourth-order valence-corrected chi connectivity index (χ4v) is 6.69. The third kappa shape index (κ3) is 5.12. The lowest BCUT2D eigenvalue weighted by atomic mass is 9.84. The molecule has 0 saturated carbocycles. The molecule has 6 nitrogen and oxygen atoms in total. The Kier molecular flexibility index (Phi) is 8.07. The Bertz CT molecular complexity index is 2270. The summed E-state index contributed by atoms with van der Waals surface area (Å²) < 4.78 is 24.5. The highest BCUT2D eigenvalue weighted by Crippen LogP contribution is 2.51. The van der Waals surface area contributed by atoms with Gasteiger partial charge in [-0.3, -0.25) is 4.79 Å². The molecular formula is C42H35NO5. The summed E-state index contributed by atoms with van der Waals surface area (Å²) in [5.74, 6) is 3.01. The average molecular weight is 634 g/mol. The monoisotopic (exact) mass is 633 g/mol. The van der Waals surface area contributed by atoms with Gasteiger partial charge in [-0.1, -0.05) is 54.6 Å². The van der Waals surface area contributed by atoms with Crippen LogP contribution in [0.25, 0.3) is 61.1 Å². The number of rotatable bonds is 9. The van der Waals surface area contributed by atoms with Crippen molar-refractivity contribution in [1.29, 1.82) is 0 Å². The minimum atomic E-state index is -0.0120. The molecule has 0 N–H and O–H groups in total. The lowest BCUT2D eigenvalue weighted by Gasteiger charge is -2.25. The quantitative estimate of drug-likeness (QED) is 0.148. The molecule has 0 spiro atoms. The summed E-state index contributed by atoms with van der Waals surface area (Å²) in [6.07, 6.45) is 0. The summed E-state index contributed by atoms with van der Waals surface area (Å²) in [6.45, 7) is 1.65. The Hall–Kier alpha value is -6.01. The molecule has 7 rings (SSSR count). The van der Waals surface area contributed by atoms with E-state index in [1.165, 1.54) is 0 Å². The number of hydrogen-bond donors (Lipinski definition) is 0. The van der Waals surface area contributed by atoms with Crippen LogP contribution in [0.4, 0.5) is 0 Å². The van der Waals surface area contributed by atoms with Gasteiger partial charge >= 0.3 is 0 Å². The molecule has 238 valence electrons. The summed E-state index contributed by atoms with van der Waals surface area (Å²) in [5, 5.41) is 0.891. The second-order valence-corrected chi connectivity index (χ2v) is 11.5. The molecule has 0 aliphatic rings. The molecule has 0 bridgehead atoms. The van der Waals surface area contributed by atoms with Crippen LogP contribution in [-0.4, -0.2) is 38.6 Å². The smallest absolute Gasteiger partial charge is 0.162 e. The van der Waals surface area contributed by atoms with Crippen LogP contribution in [0.5, 0.6) is 23.0 Å². The maximum atomic E-state index is 13.8. The van der Waals surface area contributed by atoms with Gasteiger partial charge in [0.05, 0.1) is 50.7 Å². The van der Waals surface area contributed by atoms with Crippen molar-refractivity contribution >= 4 is 22.2 Å². The summed E-state index contributed by atoms with van der Waals surface area (Å²) in [5.41, 5.74) is 10.2. The molecule has 7 aromatic rings. The highest BCUT2D eigenvalue weighted by Gasteiger charge is 2.29. The molecule has 0 unspecified atom stereocenters. The number of nitrogens with zero attached hydrogens (tertiary/aromatic N) is 1. The fourth-order valence-electron chi connectivity index (χ4n) is 6.69. The molecule has 5 aromatic carbocycles. The first kappa shape index (κ1) is 30.6. The number of aromatic nitrogens is 1. The van der Waals surface area contributed by atoms with Crippen LogP contribution in [-0.2, 0) is 0 Å². The number of carbonyl (C=O) groups excluding carboxylic acids is 1. The zero-order valence-corrected chi connectivity index (χ0v) is 27.5. The van der Waals surface area contributed by atoms with Gasteiger partial charge < -0.3 is 23.3 Å².